The van der Waals surface area contributed by atoms with E-state index < -0.39 is 5.60 Å². The Bertz CT molecular complexity index is 450. The fourth-order valence-corrected chi connectivity index (χ4v) is 2.11. The molecule has 1 aromatic rings. The van der Waals surface area contributed by atoms with Gasteiger partial charge in [-0.1, -0.05) is 26.0 Å². The summed E-state index contributed by atoms with van der Waals surface area (Å²) in [6, 6.07) is 6.70. The van der Waals surface area contributed by atoms with Crippen LogP contribution in [0.5, 0.6) is 5.75 Å². The fraction of sp³-hybridized carbons (Fsp3) is 0.500. The zero-order valence-electron chi connectivity index (χ0n) is 10.8. The number of β-amino-alcohol motifs (C(OH)–C–C–N with tert-alkyl or cyclic N) is 1. The molecule has 98 valence electrons. The quantitative estimate of drug-likeness (QED) is 0.845. The lowest BCUT2D eigenvalue weighted by atomic mass is 9.83. The smallest absolute Gasteiger partial charge is 0.227 e. The van der Waals surface area contributed by atoms with Crippen molar-refractivity contribution in [3.8, 4) is 5.75 Å². The Morgan fingerprint density at radius 1 is 1.44 bits per heavy atom. The Morgan fingerprint density at radius 2 is 2.11 bits per heavy atom. The maximum absolute atomic E-state index is 11.9. The number of rotatable bonds is 3. The standard InChI is InChI=1S/C14H19NO3/c1-10(2)14(18)8-15(9-14)13(17)7-11-4-3-5-12(16)6-11/h3-6,10,16,18H,7-9H2,1-2H3. The molecule has 0 radical (unpaired) electrons. The monoisotopic (exact) mass is 249 g/mol. The second-order valence-corrected chi connectivity index (χ2v) is 5.35. The van der Waals surface area contributed by atoms with Crippen molar-refractivity contribution in [1.29, 1.82) is 0 Å². The van der Waals surface area contributed by atoms with Crippen molar-refractivity contribution in [2.24, 2.45) is 5.92 Å². The average molecular weight is 249 g/mol. The molecule has 0 spiro atoms. The lowest BCUT2D eigenvalue weighted by Crippen LogP contribution is -2.66. The number of benzene rings is 1. The molecular weight excluding hydrogens is 230 g/mol. The van der Waals surface area contributed by atoms with Gasteiger partial charge >= 0.3 is 0 Å². The average Bonchev–Trinajstić information content (AvgIpc) is 2.24. The van der Waals surface area contributed by atoms with Crippen LogP contribution in [-0.4, -0.2) is 39.7 Å². The second-order valence-electron chi connectivity index (χ2n) is 5.35. The van der Waals surface area contributed by atoms with E-state index in [4.69, 9.17) is 0 Å². The van der Waals surface area contributed by atoms with Gasteiger partial charge in [-0.3, -0.25) is 4.79 Å². The number of phenolic OH excluding ortho intramolecular Hbond substituents is 1. The summed E-state index contributed by atoms with van der Waals surface area (Å²) in [7, 11) is 0. The molecule has 18 heavy (non-hydrogen) atoms. The summed E-state index contributed by atoms with van der Waals surface area (Å²) in [4.78, 5) is 13.6. The molecule has 1 aliphatic rings. The van der Waals surface area contributed by atoms with Gasteiger partial charge in [0.1, 0.15) is 11.4 Å². The van der Waals surface area contributed by atoms with E-state index in [9.17, 15) is 15.0 Å². The van der Waals surface area contributed by atoms with Crippen molar-refractivity contribution >= 4 is 5.91 Å². The Hall–Kier alpha value is -1.55. The van der Waals surface area contributed by atoms with Gasteiger partial charge in [-0.25, -0.2) is 0 Å². The molecule has 2 rings (SSSR count). The molecule has 1 aliphatic heterocycles. The van der Waals surface area contributed by atoms with Gasteiger partial charge in [0.2, 0.25) is 5.91 Å². The summed E-state index contributed by atoms with van der Waals surface area (Å²) in [5.74, 6) is 0.316. The highest BCUT2D eigenvalue weighted by Crippen LogP contribution is 2.29. The maximum atomic E-state index is 11.9. The van der Waals surface area contributed by atoms with Gasteiger partial charge in [0.15, 0.2) is 0 Å². The third-order valence-electron chi connectivity index (χ3n) is 3.62. The molecular formula is C14H19NO3. The van der Waals surface area contributed by atoms with E-state index in [1.807, 2.05) is 19.9 Å². The van der Waals surface area contributed by atoms with E-state index in [1.54, 1.807) is 23.1 Å². The lowest BCUT2D eigenvalue weighted by molar-refractivity contribution is -0.163. The van der Waals surface area contributed by atoms with E-state index in [-0.39, 0.29) is 24.0 Å². The predicted octanol–water partition coefficient (Wildman–Crippen LogP) is 1.16. The zero-order valence-corrected chi connectivity index (χ0v) is 10.8. The van der Waals surface area contributed by atoms with Gasteiger partial charge in [0.25, 0.3) is 0 Å². The number of carbonyl (C=O) groups is 1. The number of phenols is 1. The normalized spacial score (nSPS) is 17.7. The molecule has 1 amide bonds. The first-order valence-corrected chi connectivity index (χ1v) is 6.19. The van der Waals surface area contributed by atoms with Crippen LogP contribution in [0.15, 0.2) is 24.3 Å². The number of aliphatic hydroxyl groups is 1. The van der Waals surface area contributed by atoms with E-state index in [0.717, 1.165) is 5.56 Å². The summed E-state index contributed by atoms with van der Waals surface area (Å²) in [5.41, 5.74) is 0.0640. The van der Waals surface area contributed by atoms with Gasteiger partial charge in [0.05, 0.1) is 19.5 Å². The van der Waals surface area contributed by atoms with Crippen molar-refractivity contribution in [3.05, 3.63) is 29.8 Å². The highest BCUT2D eigenvalue weighted by atomic mass is 16.3. The van der Waals surface area contributed by atoms with Crippen LogP contribution in [0.3, 0.4) is 0 Å². The van der Waals surface area contributed by atoms with Crippen LogP contribution in [0.4, 0.5) is 0 Å². The van der Waals surface area contributed by atoms with Gasteiger partial charge in [-0.15, -0.1) is 0 Å². The number of hydrogen-bond donors (Lipinski definition) is 2. The Labute approximate surface area is 107 Å². The molecule has 0 aliphatic carbocycles. The van der Waals surface area contributed by atoms with E-state index in [2.05, 4.69) is 0 Å². The third kappa shape index (κ3) is 2.48. The van der Waals surface area contributed by atoms with Crippen LogP contribution in [-0.2, 0) is 11.2 Å². The third-order valence-corrected chi connectivity index (χ3v) is 3.62. The summed E-state index contributed by atoms with van der Waals surface area (Å²) >= 11 is 0. The first kappa shape index (κ1) is 12.9. The molecule has 0 unspecified atom stereocenters. The van der Waals surface area contributed by atoms with Crippen LogP contribution < -0.4 is 0 Å². The predicted molar refractivity (Wildman–Crippen MR) is 68.2 cm³/mol. The highest BCUT2D eigenvalue weighted by Gasteiger charge is 2.45. The summed E-state index contributed by atoms with van der Waals surface area (Å²) in [6.07, 6.45) is 0.266. The molecule has 1 heterocycles. The van der Waals surface area contributed by atoms with Crippen LogP contribution in [0.2, 0.25) is 0 Å². The topological polar surface area (TPSA) is 60.8 Å². The van der Waals surface area contributed by atoms with Crippen molar-refractivity contribution in [2.75, 3.05) is 13.1 Å². The molecule has 1 saturated heterocycles. The van der Waals surface area contributed by atoms with Gasteiger partial charge in [-0.2, -0.15) is 0 Å². The Morgan fingerprint density at radius 3 is 2.67 bits per heavy atom. The summed E-state index contributed by atoms with van der Waals surface area (Å²) in [6.45, 7) is 4.72. The van der Waals surface area contributed by atoms with Crippen LogP contribution in [0.1, 0.15) is 19.4 Å². The van der Waals surface area contributed by atoms with Gasteiger partial charge in [0, 0.05) is 0 Å². The Kier molecular flexibility index (Phi) is 3.30. The molecule has 1 fully saturated rings. The molecule has 0 aromatic heterocycles. The molecule has 4 nitrogen and oxygen atoms in total. The molecule has 2 N–H and O–H groups in total. The fourth-order valence-electron chi connectivity index (χ4n) is 2.11. The zero-order chi connectivity index (χ0) is 13.3. The van der Waals surface area contributed by atoms with E-state index in [1.165, 1.54) is 0 Å². The van der Waals surface area contributed by atoms with Crippen molar-refractivity contribution in [1.82, 2.24) is 4.90 Å². The van der Waals surface area contributed by atoms with Crippen molar-refractivity contribution in [2.45, 2.75) is 25.9 Å². The molecule has 4 heteroatoms. The number of nitrogens with zero attached hydrogens (tertiary/aromatic N) is 1. The SMILES string of the molecule is CC(C)C1(O)CN(C(=O)Cc2cccc(O)c2)C1. The van der Waals surface area contributed by atoms with Crippen LogP contribution >= 0.6 is 0 Å². The maximum Gasteiger partial charge on any atom is 0.227 e. The number of likely N-dealkylation sites (tertiary alicyclic amines) is 1. The summed E-state index contributed by atoms with van der Waals surface area (Å²) < 4.78 is 0. The molecule has 0 saturated carbocycles. The van der Waals surface area contributed by atoms with Crippen LogP contribution in [0, 0.1) is 5.92 Å². The van der Waals surface area contributed by atoms with Crippen molar-refractivity contribution in [3.63, 3.8) is 0 Å². The first-order valence-electron chi connectivity index (χ1n) is 6.19. The van der Waals surface area contributed by atoms with Gasteiger partial charge < -0.3 is 15.1 Å². The van der Waals surface area contributed by atoms with Gasteiger partial charge in [-0.05, 0) is 23.6 Å². The number of amides is 1. The lowest BCUT2D eigenvalue weighted by Gasteiger charge is -2.49. The molecule has 0 bridgehead atoms. The minimum Gasteiger partial charge on any atom is -0.508 e. The van der Waals surface area contributed by atoms with E-state index in [0.29, 0.717) is 13.1 Å². The number of aromatic hydroxyl groups is 1. The minimum absolute atomic E-state index is 0.00840. The second kappa shape index (κ2) is 4.61. The van der Waals surface area contributed by atoms with Crippen LogP contribution in [0.25, 0.3) is 0 Å². The van der Waals surface area contributed by atoms with Crippen molar-refractivity contribution < 1.29 is 15.0 Å². The van der Waals surface area contributed by atoms with E-state index >= 15 is 0 Å². The highest BCUT2D eigenvalue weighted by molar-refractivity contribution is 5.80. The first-order chi connectivity index (χ1) is 8.40. The molecule has 1 aromatic carbocycles. The Balaban J connectivity index is 1.92. The minimum atomic E-state index is -0.728. The number of carbonyl (C=O) groups excluding carboxylic acids is 1. The number of hydrogen-bond acceptors (Lipinski definition) is 3. The summed E-state index contributed by atoms with van der Waals surface area (Å²) in [5, 5.41) is 19.4. The molecule has 0 atom stereocenters. The largest absolute Gasteiger partial charge is 0.508 e.